The summed E-state index contributed by atoms with van der Waals surface area (Å²) in [7, 11) is 0. The van der Waals surface area contributed by atoms with E-state index in [1.54, 1.807) is 0 Å². The highest BCUT2D eigenvalue weighted by atomic mass is 17.2. The van der Waals surface area contributed by atoms with E-state index in [0.717, 1.165) is 38.5 Å². The highest BCUT2D eigenvalue weighted by Gasteiger charge is 2.28. The Kier molecular flexibility index (Phi) is 4.07. The fourth-order valence-electron chi connectivity index (χ4n) is 2.24. The average Bonchev–Trinajstić information content (AvgIpc) is 2.30. The first-order valence-electron chi connectivity index (χ1n) is 6.15. The van der Waals surface area contributed by atoms with Crippen LogP contribution in [0.2, 0.25) is 0 Å². The van der Waals surface area contributed by atoms with Gasteiger partial charge in [0.05, 0.1) is 0 Å². The van der Waals surface area contributed by atoms with Crippen LogP contribution in [0.3, 0.4) is 0 Å². The van der Waals surface area contributed by atoms with Crippen molar-refractivity contribution in [3.63, 3.8) is 0 Å². The third-order valence-corrected chi connectivity index (χ3v) is 3.29. The van der Waals surface area contributed by atoms with Crippen molar-refractivity contribution < 1.29 is 19.4 Å². The monoisotopic (exact) mass is 226 g/mol. The Balaban J connectivity index is 1.77. The van der Waals surface area contributed by atoms with Crippen molar-refractivity contribution in [2.24, 2.45) is 0 Å². The second-order valence-corrected chi connectivity index (χ2v) is 4.59. The number of ketones is 2. The Hall–Kier alpha value is -0.740. The van der Waals surface area contributed by atoms with Crippen LogP contribution in [0.1, 0.15) is 51.4 Å². The minimum Gasteiger partial charge on any atom is -0.297 e. The van der Waals surface area contributed by atoms with Crippen molar-refractivity contribution in [1.29, 1.82) is 0 Å². The minimum absolute atomic E-state index is 0.106. The number of carbonyl (C=O) groups excluding carboxylic acids is 2. The number of carbonyl (C=O) groups is 2. The number of rotatable bonds is 3. The maximum absolute atomic E-state index is 11.5. The van der Waals surface area contributed by atoms with E-state index in [1.807, 2.05) is 0 Å². The van der Waals surface area contributed by atoms with E-state index in [1.165, 1.54) is 0 Å². The molecule has 0 heterocycles. The number of Topliss-reactive ketones (excluding diaryl/α,β-unsaturated/α-hetero) is 2. The molecule has 90 valence electrons. The van der Waals surface area contributed by atoms with Gasteiger partial charge in [-0.1, -0.05) is 0 Å². The predicted molar refractivity (Wildman–Crippen MR) is 56.7 cm³/mol. The van der Waals surface area contributed by atoms with E-state index in [4.69, 9.17) is 9.78 Å². The zero-order valence-electron chi connectivity index (χ0n) is 9.44. The van der Waals surface area contributed by atoms with Gasteiger partial charge in [0.2, 0.25) is 0 Å². The lowest BCUT2D eigenvalue weighted by atomic mass is 9.96. The topological polar surface area (TPSA) is 52.6 Å². The molecule has 0 aliphatic heterocycles. The van der Waals surface area contributed by atoms with Crippen molar-refractivity contribution >= 4 is 11.6 Å². The molecule has 0 saturated heterocycles. The highest BCUT2D eigenvalue weighted by molar-refractivity contribution is 5.84. The summed E-state index contributed by atoms with van der Waals surface area (Å²) >= 11 is 0. The molecule has 0 aromatic rings. The molecule has 0 aromatic heterocycles. The molecule has 0 amide bonds. The highest BCUT2D eigenvalue weighted by Crippen LogP contribution is 2.21. The number of hydrogen-bond acceptors (Lipinski definition) is 4. The molecule has 2 aliphatic rings. The van der Waals surface area contributed by atoms with Gasteiger partial charge >= 0.3 is 0 Å². The molecule has 4 heteroatoms. The van der Waals surface area contributed by atoms with E-state index in [-0.39, 0.29) is 11.6 Å². The van der Waals surface area contributed by atoms with Gasteiger partial charge in [0, 0.05) is 12.8 Å². The lowest BCUT2D eigenvalue weighted by Gasteiger charge is -2.24. The molecule has 0 radical (unpaired) electrons. The Labute approximate surface area is 95.2 Å². The fourth-order valence-corrected chi connectivity index (χ4v) is 2.24. The average molecular weight is 226 g/mol. The second kappa shape index (κ2) is 5.55. The molecule has 0 bridgehead atoms. The van der Waals surface area contributed by atoms with Crippen LogP contribution in [0, 0.1) is 0 Å². The first kappa shape index (κ1) is 11.7. The van der Waals surface area contributed by atoms with Gasteiger partial charge in [-0.2, -0.15) is 0 Å². The van der Waals surface area contributed by atoms with Crippen molar-refractivity contribution in [1.82, 2.24) is 0 Å². The number of hydrogen-bond donors (Lipinski definition) is 0. The van der Waals surface area contributed by atoms with Crippen molar-refractivity contribution in [3.8, 4) is 0 Å². The SMILES string of the molecule is O=C1CCCCC1OOC1CCCCC1=O. The van der Waals surface area contributed by atoms with Crippen LogP contribution >= 0.6 is 0 Å². The molecule has 2 saturated carbocycles. The predicted octanol–water partition coefficient (Wildman–Crippen LogP) is 1.96. The molecule has 2 unspecified atom stereocenters. The van der Waals surface area contributed by atoms with Gasteiger partial charge in [-0.3, -0.25) is 9.59 Å². The van der Waals surface area contributed by atoms with Gasteiger partial charge in [-0.05, 0) is 38.5 Å². The Morgan fingerprint density at radius 2 is 1.19 bits per heavy atom. The molecule has 0 N–H and O–H groups in total. The van der Waals surface area contributed by atoms with Crippen LogP contribution in [-0.4, -0.2) is 23.8 Å². The normalized spacial score (nSPS) is 31.8. The van der Waals surface area contributed by atoms with Gasteiger partial charge in [0.15, 0.2) is 23.8 Å². The van der Waals surface area contributed by atoms with Gasteiger partial charge in [0.25, 0.3) is 0 Å². The molecular weight excluding hydrogens is 208 g/mol. The zero-order valence-corrected chi connectivity index (χ0v) is 9.44. The molecule has 4 nitrogen and oxygen atoms in total. The maximum Gasteiger partial charge on any atom is 0.164 e. The molecule has 2 aliphatic carbocycles. The standard InChI is InChI=1S/C12H18O4/c13-9-5-1-3-7-11(9)15-16-12-8-4-2-6-10(12)14/h11-12H,1-8H2. The molecule has 2 fully saturated rings. The van der Waals surface area contributed by atoms with Crippen molar-refractivity contribution in [3.05, 3.63) is 0 Å². The Bertz CT molecular complexity index is 246. The molecule has 2 atom stereocenters. The van der Waals surface area contributed by atoms with Crippen LogP contribution in [0.25, 0.3) is 0 Å². The molecule has 2 rings (SSSR count). The van der Waals surface area contributed by atoms with E-state index in [9.17, 15) is 9.59 Å². The lowest BCUT2D eigenvalue weighted by molar-refractivity contribution is -0.339. The van der Waals surface area contributed by atoms with E-state index >= 15 is 0 Å². The summed E-state index contributed by atoms with van der Waals surface area (Å²) in [5.74, 6) is 0.212. The van der Waals surface area contributed by atoms with E-state index in [2.05, 4.69) is 0 Å². The molecule has 16 heavy (non-hydrogen) atoms. The van der Waals surface area contributed by atoms with E-state index < -0.39 is 12.2 Å². The summed E-state index contributed by atoms with van der Waals surface area (Å²) in [6.45, 7) is 0. The van der Waals surface area contributed by atoms with Gasteiger partial charge < -0.3 is 0 Å². The van der Waals surface area contributed by atoms with E-state index in [0.29, 0.717) is 12.8 Å². The summed E-state index contributed by atoms with van der Waals surface area (Å²) < 4.78 is 0. The van der Waals surface area contributed by atoms with Crippen LogP contribution < -0.4 is 0 Å². The zero-order chi connectivity index (χ0) is 11.4. The Morgan fingerprint density at radius 1 is 0.750 bits per heavy atom. The third-order valence-electron chi connectivity index (χ3n) is 3.29. The molecule has 0 aromatic carbocycles. The van der Waals surface area contributed by atoms with Crippen LogP contribution in [0.5, 0.6) is 0 Å². The smallest absolute Gasteiger partial charge is 0.164 e. The Morgan fingerprint density at radius 3 is 1.56 bits per heavy atom. The minimum atomic E-state index is -0.441. The van der Waals surface area contributed by atoms with Crippen molar-refractivity contribution in [2.45, 2.75) is 63.6 Å². The summed E-state index contributed by atoms with van der Waals surface area (Å²) in [6.07, 6.45) is 5.60. The lowest BCUT2D eigenvalue weighted by Crippen LogP contribution is -2.33. The largest absolute Gasteiger partial charge is 0.297 e. The third kappa shape index (κ3) is 2.89. The fraction of sp³-hybridized carbons (Fsp3) is 0.833. The summed E-state index contributed by atoms with van der Waals surface area (Å²) in [5, 5.41) is 0. The van der Waals surface area contributed by atoms with Crippen LogP contribution in [0.4, 0.5) is 0 Å². The summed E-state index contributed by atoms with van der Waals surface area (Å²) in [5.41, 5.74) is 0. The van der Waals surface area contributed by atoms with Crippen LogP contribution in [-0.2, 0) is 19.4 Å². The van der Waals surface area contributed by atoms with Crippen LogP contribution in [0.15, 0.2) is 0 Å². The van der Waals surface area contributed by atoms with Gasteiger partial charge in [-0.25, -0.2) is 9.78 Å². The quantitative estimate of drug-likeness (QED) is 0.545. The molecular formula is C12H18O4. The summed E-state index contributed by atoms with van der Waals surface area (Å²) in [6, 6.07) is 0. The first-order valence-corrected chi connectivity index (χ1v) is 6.15. The maximum atomic E-state index is 11.5. The second-order valence-electron chi connectivity index (χ2n) is 4.59. The van der Waals surface area contributed by atoms with Crippen molar-refractivity contribution in [2.75, 3.05) is 0 Å². The first-order chi connectivity index (χ1) is 7.77. The summed E-state index contributed by atoms with van der Waals surface area (Å²) in [4.78, 5) is 33.2. The molecule has 0 spiro atoms. The van der Waals surface area contributed by atoms with Gasteiger partial charge in [-0.15, -0.1) is 0 Å². The van der Waals surface area contributed by atoms with Gasteiger partial charge in [0.1, 0.15) is 0 Å².